The van der Waals surface area contributed by atoms with Crippen molar-refractivity contribution in [3.8, 4) is 11.5 Å². The van der Waals surface area contributed by atoms with Crippen LogP contribution in [0.2, 0.25) is 0 Å². The molecule has 0 bridgehead atoms. The highest BCUT2D eigenvalue weighted by Gasteiger charge is 2.34. The van der Waals surface area contributed by atoms with Gasteiger partial charge >= 0.3 is 0 Å². The van der Waals surface area contributed by atoms with Crippen LogP contribution in [-0.2, 0) is 22.6 Å². The first-order chi connectivity index (χ1) is 13.6. The summed E-state index contributed by atoms with van der Waals surface area (Å²) >= 11 is 0. The van der Waals surface area contributed by atoms with E-state index in [0.717, 1.165) is 23.1 Å². The third-order valence-corrected chi connectivity index (χ3v) is 5.07. The van der Waals surface area contributed by atoms with Crippen molar-refractivity contribution in [2.45, 2.75) is 32.4 Å². The van der Waals surface area contributed by atoms with Crippen LogP contribution in [-0.4, -0.2) is 37.5 Å². The maximum Gasteiger partial charge on any atom is 0.247 e. The number of nitrogens with one attached hydrogen (secondary N) is 1. The second-order valence-electron chi connectivity index (χ2n) is 6.70. The number of benzene rings is 2. The molecule has 1 aliphatic heterocycles. The average molecular weight is 382 g/mol. The Morgan fingerprint density at radius 2 is 1.86 bits per heavy atom. The van der Waals surface area contributed by atoms with E-state index in [2.05, 4.69) is 5.32 Å². The van der Waals surface area contributed by atoms with E-state index < -0.39 is 6.04 Å². The number of methoxy groups -OCH3 is 2. The first-order valence-electron chi connectivity index (χ1n) is 9.45. The van der Waals surface area contributed by atoms with E-state index in [0.29, 0.717) is 31.0 Å². The zero-order valence-corrected chi connectivity index (χ0v) is 16.5. The van der Waals surface area contributed by atoms with Gasteiger partial charge in [-0.1, -0.05) is 37.3 Å². The van der Waals surface area contributed by atoms with Crippen LogP contribution in [0.3, 0.4) is 0 Å². The Labute approximate surface area is 165 Å². The van der Waals surface area contributed by atoms with Crippen molar-refractivity contribution in [3.05, 3.63) is 59.2 Å². The molecular weight excluding hydrogens is 356 g/mol. The van der Waals surface area contributed by atoms with Gasteiger partial charge in [-0.2, -0.15) is 0 Å². The predicted molar refractivity (Wildman–Crippen MR) is 106 cm³/mol. The molecule has 1 heterocycles. The van der Waals surface area contributed by atoms with Gasteiger partial charge in [0.15, 0.2) is 11.5 Å². The van der Waals surface area contributed by atoms with E-state index >= 15 is 0 Å². The molecule has 0 radical (unpaired) electrons. The summed E-state index contributed by atoms with van der Waals surface area (Å²) in [7, 11) is 3.16. The third kappa shape index (κ3) is 3.96. The molecule has 0 saturated heterocycles. The van der Waals surface area contributed by atoms with Crippen molar-refractivity contribution in [1.29, 1.82) is 0 Å². The smallest absolute Gasteiger partial charge is 0.247 e. The highest BCUT2D eigenvalue weighted by atomic mass is 16.5. The van der Waals surface area contributed by atoms with Crippen LogP contribution in [0.25, 0.3) is 0 Å². The first-order valence-corrected chi connectivity index (χ1v) is 9.45. The third-order valence-electron chi connectivity index (χ3n) is 5.07. The molecule has 1 N–H and O–H groups in total. The summed E-state index contributed by atoms with van der Waals surface area (Å²) < 4.78 is 10.6. The zero-order chi connectivity index (χ0) is 20.1. The van der Waals surface area contributed by atoms with Crippen LogP contribution < -0.4 is 14.8 Å². The van der Waals surface area contributed by atoms with Crippen molar-refractivity contribution in [2.24, 2.45) is 0 Å². The van der Waals surface area contributed by atoms with Crippen molar-refractivity contribution < 1.29 is 19.1 Å². The van der Waals surface area contributed by atoms with Gasteiger partial charge in [-0.05, 0) is 35.2 Å². The second-order valence-corrected chi connectivity index (χ2v) is 6.70. The molecule has 3 rings (SSSR count). The number of carbonyl (C=O) groups is 2. The zero-order valence-electron chi connectivity index (χ0n) is 16.5. The molecule has 2 aromatic rings. The number of hydrogen-bond acceptors (Lipinski definition) is 4. The second kappa shape index (κ2) is 8.78. The molecule has 2 amide bonds. The predicted octanol–water partition coefficient (Wildman–Crippen LogP) is 2.86. The lowest BCUT2D eigenvalue weighted by molar-refractivity contribution is -0.141. The summed E-state index contributed by atoms with van der Waals surface area (Å²) in [5, 5.41) is 2.98. The van der Waals surface area contributed by atoms with E-state index in [9.17, 15) is 9.59 Å². The molecular formula is C22H26N2O4. The minimum atomic E-state index is -0.599. The normalized spacial score (nSPS) is 15.5. The highest BCUT2D eigenvalue weighted by Crippen LogP contribution is 2.31. The number of hydrogen-bond donors (Lipinski definition) is 1. The molecule has 2 aromatic carbocycles. The SMILES string of the molecule is CCC(=O)N1CCc2ccccc2[C@H]1C(=O)NCc1ccc(OC)c(OC)c1. The Hall–Kier alpha value is -3.02. The fraction of sp³-hybridized carbons (Fsp3) is 0.364. The van der Waals surface area contributed by atoms with Crippen LogP contribution in [0.1, 0.15) is 36.1 Å². The van der Waals surface area contributed by atoms with Crippen molar-refractivity contribution in [2.75, 3.05) is 20.8 Å². The van der Waals surface area contributed by atoms with Gasteiger partial charge in [0.2, 0.25) is 11.8 Å². The van der Waals surface area contributed by atoms with Gasteiger partial charge in [0, 0.05) is 19.5 Å². The molecule has 6 heteroatoms. The van der Waals surface area contributed by atoms with Crippen LogP contribution in [0.15, 0.2) is 42.5 Å². The van der Waals surface area contributed by atoms with E-state index in [1.807, 2.05) is 49.4 Å². The summed E-state index contributed by atoms with van der Waals surface area (Å²) in [6.07, 6.45) is 1.14. The molecule has 0 aromatic heterocycles. The molecule has 0 saturated carbocycles. The van der Waals surface area contributed by atoms with Crippen molar-refractivity contribution in [1.82, 2.24) is 10.2 Å². The lowest BCUT2D eigenvalue weighted by Crippen LogP contribution is -2.46. The fourth-order valence-corrected chi connectivity index (χ4v) is 3.60. The minimum Gasteiger partial charge on any atom is -0.493 e. The molecule has 1 aliphatic rings. The fourth-order valence-electron chi connectivity index (χ4n) is 3.60. The number of rotatable bonds is 6. The minimum absolute atomic E-state index is 0.0132. The monoisotopic (exact) mass is 382 g/mol. The summed E-state index contributed by atoms with van der Waals surface area (Å²) in [6.45, 7) is 2.71. The van der Waals surface area contributed by atoms with E-state index in [-0.39, 0.29) is 11.8 Å². The molecule has 0 spiro atoms. The van der Waals surface area contributed by atoms with E-state index in [1.165, 1.54) is 0 Å². The Morgan fingerprint density at radius 3 is 2.57 bits per heavy atom. The van der Waals surface area contributed by atoms with E-state index in [1.54, 1.807) is 19.1 Å². The lowest BCUT2D eigenvalue weighted by Gasteiger charge is -2.36. The van der Waals surface area contributed by atoms with Gasteiger partial charge < -0.3 is 19.7 Å². The molecule has 0 fully saturated rings. The van der Waals surface area contributed by atoms with Gasteiger partial charge in [-0.25, -0.2) is 0 Å². The Kier molecular flexibility index (Phi) is 6.19. The van der Waals surface area contributed by atoms with Crippen LogP contribution in [0, 0.1) is 0 Å². The standard InChI is InChI=1S/C22H26N2O4/c1-4-20(25)24-12-11-16-7-5-6-8-17(16)21(24)22(26)23-14-15-9-10-18(27-2)19(13-15)28-3/h5-10,13,21H,4,11-12,14H2,1-3H3,(H,23,26)/t21-/m0/s1. The Bertz CT molecular complexity index is 865. The lowest BCUT2D eigenvalue weighted by atomic mass is 9.91. The Balaban J connectivity index is 1.80. The molecule has 148 valence electrons. The summed E-state index contributed by atoms with van der Waals surface area (Å²) in [5.74, 6) is 1.06. The number of carbonyl (C=O) groups excluding carboxylic acids is 2. The Morgan fingerprint density at radius 1 is 1.11 bits per heavy atom. The van der Waals surface area contributed by atoms with Crippen molar-refractivity contribution >= 4 is 11.8 Å². The molecule has 1 atom stereocenters. The molecule has 6 nitrogen and oxygen atoms in total. The van der Waals surface area contributed by atoms with Gasteiger partial charge in [0.25, 0.3) is 0 Å². The summed E-state index contributed by atoms with van der Waals surface area (Å²) in [5.41, 5.74) is 2.91. The van der Waals surface area contributed by atoms with Crippen LogP contribution in [0.4, 0.5) is 0 Å². The number of ether oxygens (including phenoxy) is 2. The van der Waals surface area contributed by atoms with Crippen LogP contribution in [0.5, 0.6) is 11.5 Å². The number of fused-ring (bicyclic) bond motifs is 1. The molecule has 0 aliphatic carbocycles. The molecule has 0 unspecified atom stereocenters. The maximum atomic E-state index is 13.1. The van der Waals surface area contributed by atoms with Gasteiger partial charge in [0.05, 0.1) is 14.2 Å². The maximum absolute atomic E-state index is 13.1. The average Bonchev–Trinajstić information content (AvgIpc) is 2.75. The summed E-state index contributed by atoms with van der Waals surface area (Å²) in [6, 6.07) is 12.8. The summed E-state index contributed by atoms with van der Waals surface area (Å²) in [4.78, 5) is 27.2. The van der Waals surface area contributed by atoms with Gasteiger partial charge in [-0.3, -0.25) is 9.59 Å². The number of nitrogens with zero attached hydrogens (tertiary/aromatic N) is 1. The van der Waals surface area contributed by atoms with Gasteiger partial charge in [0.1, 0.15) is 6.04 Å². The van der Waals surface area contributed by atoms with E-state index in [4.69, 9.17) is 9.47 Å². The molecule has 28 heavy (non-hydrogen) atoms. The van der Waals surface area contributed by atoms with Gasteiger partial charge in [-0.15, -0.1) is 0 Å². The number of amides is 2. The largest absolute Gasteiger partial charge is 0.493 e. The topological polar surface area (TPSA) is 67.9 Å². The van der Waals surface area contributed by atoms with Crippen LogP contribution >= 0.6 is 0 Å². The highest BCUT2D eigenvalue weighted by molar-refractivity contribution is 5.89. The quantitative estimate of drug-likeness (QED) is 0.834. The first kappa shape index (κ1) is 19.7. The van der Waals surface area contributed by atoms with Crippen molar-refractivity contribution in [3.63, 3.8) is 0 Å².